The van der Waals surface area contributed by atoms with Crippen molar-refractivity contribution in [2.75, 3.05) is 17.7 Å². The number of thiophene rings is 1. The third-order valence-electron chi connectivity index (χ3n) is 6.45. The van der Waals surface area contributed by atoms with Crippen LogP contribution < -0.4 is 5.32 Å². The summed E-state index contributed by atoms with van der Waals surface area (Å²) < 4.78 is 7.16. The Balaban J connectivity index is 1.32. The first-order chi connectivity index (χ1) is 18.6. The van der Waals surface area contributed by atoms with Crippen molar-refractivity contribution >= 4 is 40.0 Å². The Labute approximate surface area is 230 Å². The van der Waals surface area contributed by atoms with Gasteiger partial charge in [-0.15, -0.1) is 16.4 Å². The fraction of sp³-hybridized carbons (Fsp3) is 0.310. The van der Waals surface area contributed by atoms with E-state index in [9.17, 15) is 9.59 Å². The van der Waals surface area contributed by atoms with Gasteiger partial charge in [-0.2, -0.15) is 0 Å². The zero-order chi connectivity index (χ0) is 26.3. The lowest BCUT2D eigenvalue weighted by Gasteiger charge is -2.21. The van der Waals surface area contributed by atoms with Gasteiger partial charge in [0.15, 0.2) is 0 Å². The number of amides is 1. The van der Waals surface area contributed by atoms with Gasteiger partial charge in [-0.25, -0.2) is 14.5 Å². The average Bonchev–Trinajstić information content (AvgIpc) is 3.58. The van der Waals surface area contributed by atoms with Crippen LogP contribution in [-0.4, -0.2) is 39.0 Å². The highest BCUT2D eigenvalue weighted by atomic mass is 32.2. The molecule has 1 aliphatic rings. The lowest BCUT2D eigenvalue weighted by molar-refractivity contribution is -0.113. The van der Waals surface area contributed by atoms with Crippen LogP contribution in [-0.2, 0) is 9.53 Å². The van der Waals surface area contributed by atoms with Crippen molar-refractivity contribution in [2.45, 2.75) is 50.1 Å². The number of aromatic nitrogens is 3. The molecule has 0 aliphatic heterocycles. The standard InChI is InChI=1S/C29H30N4O3S2/c1-2-36-28(35)23-18-24(20-12-6-3-7-13-20)38-27(23)30-25(34)19-37-29-31-26(21-14-8-4-9-15-21)33(32-29)22-16-10-5-11-17-22/h3,5-7,10-13,16-18,21H,2,4,8-9,14-15,19H2,1H3,(H,30,34). The van der Waals surface area contributed by atoms with Crippen LogP contribution in [0, 0.1) is 0 Å². The molecule has 0 atom stereocenters. The van der Waals surface area contributed by atoms with E-state index in [2.05, 4.69) is 5.32 Å². The molecule has 1 N–H and O–H groups in total. The number of para-hydroxylation sites is 1. The van der Waals surface area contributed by atoms with E-state index >= 15 is 0 Å². The molecule has 9 heteroatoms. The first-order valence-corrected chi connectivity index (χ1v) is 14.7. The van der Waals surface area contributed by atoms with Crippen molar-refractivity contribution in [3.63, 3.8) is 0 Å². The molecule has 4 aromatic rings. The second-order valence-electron chi connectivity index (χ2n) is 9.11. The minimum atomic E-state index is -0.450. The molecule has 0 unspecified atom stereocenters. The first-order valence-electron chi connectivity index (χ1n) is 12.9. The van der Waals surface area contributed by atoms with Crippen molar-refractivity contribution in [3.8, 4) is 16.1 Å². The third kappa shape index (κ3) is 6.16. The van der Waals surface area contributed by atoms with E-state index < -0.39 is 5.97 Å². The van der Waals surface area contributed by atoms with Gasteiger partial charge in [0, 0.05) is 10.8 Å². The smallest absolute Gasteiger partial charge is 0.341 e. The second-order valence-corrected chi connectivity index (χ2v) is 11.1. The molecule has 2 aromatic heterocycles. The number of hydrogen-bond acceptors (Lipinski definition) is 7. The van der Waals surface area contributed by atoms with Crippen LogP contribution in [0.3, 0.4) is 0 Å². The molecule has 1 fully saturated rings. The zero-order valence-corrected chi connectivity index (χ0v) is 22.9. The number of nitrogens with zero attached hydrogens (tertiary/aromatic N) is 3. The quantitative estimate of drug-likeness (QED) is 0.181. The summed E-state index contributed by atoms with van der Waals surface area (Å²) in [5.41, 5.74) is 2.31. The van der Waals surface area contributed by atoms with Gasteiger partial charge in [0.2, 0.25) is 11.1 Å². The normalized spacial score (nSPS) is 13.8. The zero-order valence-electron chi connectivity index (χ0n) is 21.3. The number of thioether (sulfide) groups is 1. The maximum Gasteiger partial charge on any atom is 0.341 e. The van der Waals surface area contributed by atoms with Crippen LogP contribution in [0.5, 0.6) is 0 Å². The van der Waals surface area contributed by atoms with Gasteiger partial charge in [0.25, 0.3) is 0 Å². The Morgan fingerprint density at radius 3 is 2.47 bits per heavy atom. The number of benzene rings is 2. The molecule has 1 saturated carbocycles. The number of ether oxygens (including phenoxy) is 1. The molecule has 7 nitrogen and oxygen atoms in total. The molecule has 1 amide bonds. The van der Waals surface area contributed by atoms with Crippen molar-refractivity contribution in [1.82, 2.24) is 14.8 Å². The first kappa shape index (κ1) is 26.2. The van der Waals surface area contributed by atoms with Crippen molar-refractivity contribution < 1.29 is 14.3 Å². The Hall–Kier alpha value is -3.43. The molecule has 0 bridgehead atoms. The maximum absolute atomic E-state index is 13.0. The van der Waals surface area contributed by atoms with Gasteiger partial charge in [-0.3, -0.25) is 4.79 Å². The highest BCUT2D eigenvalue weighted by molar-refractivity contribution is 7.99. The largest absolute Gasteiger partial charge is 0.462 e. The summed E-state index contributed by atoms with van der Waals surface area (Å²) in [7, 11) is 0. The van der Waals surface area contributed by atoms with Gasteiger partial charge < -0.3 is 10.1 Å². The maximum atomic E-state index is 13.0. The minimum absolute atomic E-state index is 0.129. The number of hydrogen-bond donors (Lipinski definition) is 1. The molecule has 2 heterocycles. The second kappa shape index (κ2) is 12.4. The van der Waals surface area contributed by atoms with Gasteiger partial charge in [0.1, 0.15) is 10.8 Å². The molecule has 0 saturated heterocycles. The molecular formula is C29H30N4O3S2. The van der Waals surface area contributed by atoms with Crippen LogP contribution in [0.1, 0.15) is 61.1 Å². The topological polar surface area (TPSA) is 86.1 Å². The molecule has 1 aliphatic carbocycles. The van der Waals surface area contributed by atoms with E-state index in [4.69, 9.17) is 14.8 Å². The van der Waals surface area contributed by atoms with E-state index in [0.29, 0.717) is 21.6 Å². The van der Waals surface area contributed by atoms with E-state index in [-0.39, 0.29) is 18.3 Å². The number of esters is 1. The summed E-state index contributed by atoms with van der Waals surface area (Å²) in [5.74, 6) is 0.791. The molecular weight excluding hydrogens is 516 g/mol. The van der Waals surface area contributed by atoms with Gasteiger partial charge in [0.05, 0.1) is 23.6 Å². The van der Waals surface area contributed by atoms with Crippen molar-refractivity contribution in [1.29, 1.82) is 0 Å². The summed E-state index contributed by atoms with van der Waals surface area (Å²) in [6, 6.07) is 21.6. The lowest BCUT2D eigenvalue weighted by atomic mass is 9.88. The predicted octanol–water partition coefficient (Wildman–Crippen LogP) is 6.95. The van der Waals surface area contributed by atoms with E-state index in [1.807, 2.05) is 65.3 Å². The Morgan fingerprint density at radius 1 is 1.05 bits per heavy atom. The van der Waals surface area contributed by atoms with Crippen LogP contribution in [0.4, 0.5) is 5.00 Å². The lowest BCUT2D eigenvalue weighted by Crippen LogP contribution is -2.16. The monoisotopic (exact) mass is 546 g/mol. The Bertz CT molecular complexity index is 1380. The highest BCUT2D eigenvalue weighted by Gasteiger charge is 2.24. The van der Waals surface area contributed by atoms with Crippen molar-refractivity contribution in [2.24, 2.45) is 0 Å². The molecule has 0 radical (unpaired) electrons. The minimum Gasteiger partial charge on any atom is -0.462 e. The molecule has 0 spiro atoms. The third-order valence-corrected chi connectivity index (χ3v) is 8.39. The molecule has 38 heavy (non-hydrogen) atoms. The number of rotatable bonds is 9. The molecule has 2 aromatic carbocycles. The summed E-state index contributed by atoms with van der Waals surface area (Å²) in [6.07, 6.45) is 5.88. The van der Waals surface area contributed by atoms with Crippen LogP contribution in [0.25, 0.3) is 16.1 Å². The highest BCUT2D eigenvalue weighted by Crippen LogP contribution is 2.37. The predicted molar refractivity (Wildman–Crippen MR) is 152 cm³/mol. The van der Waals surface area contributed by atoms with Gasteiger partial charge in [-0.1, -0.05) is 79.6 Å². The van der Waals surface area contributed by atoms with Gasteiger partial charge in [-0.05, 0) is 43.5 Å². The van der Waals surface area contributed by atoms with Gasteiger partial charge >= 0.3 is 5.97 Å². The van der Waals surface area contributed by atoms with E-state index in [0.717, 1.165) is 34.8 Å². The summed E-state index contributed by atoms with van der Waals surface area (Å²) in [6.45, 7) is 2.03. The SMILES string of the molecule is CCOC(=O)c1cc(-c2ccccc2)sc1NC(=O)CSc1nc(C2CCCCC2)n(-c2ccccc2)n1. The number of nitrogens with one attached hydrogen (secondary N) is 1. The number of anilines is 1. The number of carbonyl (C=O) groups is 2. The van der Waals surface area contributed by atoms with Crippen LogP contribution in [0.2, 0.25) is 0 Å². The van der Waals surface area contributed by atoms with Crippen LogP contribution in [0.15, 0.2) is 71.9 Å². The van der Waals surface area contributed by atoms with E-state index in [1.54, 1.807) is 13.0 Å². The average molecular weight is 547 g/mol. The van der Waals surface area contributed by atoms with Crippen LogP contribution >= 0.6 is 23.1 Å². The van der Waals surface area contributed by atoms with E-state index in [1.165, 1.54) is 42.4 Å². The summed E-state index contributed by atoms with van der Waals surface area (Å²) >= 11 is 2.66. The Morgan fingerprint density at radius 2 is 1.76 bits per heavy atom. The fourth-order valence-electron chi connectivity index (χ4n) is 4.63. The molecule has 5 rings (SSSR count). The molecule has 196 valence electrons. The fourth-order valence-corrected chi connectivity index (χ4v) is 6.33. The van der Waals surface area contributed by atoms with Crippen molar-refractivity contribution in [3.05, 3.63) is 78.1 Å². The summed E-state index contributed by atoms with van der Waals surface area (Å²) in [4.78, 5) is 31.3. The Kier molecular flexibility index (Phi) is 8.55. The summed E-state index contributed by atoms with van der Waals surface area (Å²) in [5, 5.41) is 8.75. The number of carbonyl (C=O) groups excluding carboxylic acids is 2.